The van der Waals surface area contributed by atoms with Crippen molar-refractivity contribution in [2.24, 2.45) is 0 Å². The normalized spacial score (nSPS) is 20.2. The van der Waals surface area contributed by atoms with Crippen molar-refractivity contribution in [3.05, 3.63) is 34.6 Å². The van der Waals surface area contributed by atoms with Gasteiger partial charge >= 0.3 is 5.97 Å². The molecular weight excluding hydrogens is 225 g/mol. The summed E-state index contributed by atoms with van der Waals surface area (Å²) in [5.41, 5.74) is 0.846. The van der Waals surface area contributed by atoms with Crippen LogP contribution in [-0.4, -0.2) is 30.8 Å². The number of ether oxygens (including phenoxy) is 1. The lowest BCUT2D eigenvalue weighted by atomic mass is 10.0. The fourth-order valence-electron chi connectivity index (χ4n) is 1.93. The monoisotopic (exact) mass is 239 g/mol. The summed E-state index contributed by atoms with van der Waals surface area (Å²) in [4.78, 5) is 11.0. The summed E-state index contributed by atoms with van der Waals surface area (Å²) >= 11 is 0. The van der Waals surface area contributed by atoms with Gasteiger partial charge in [-0.05, 0) is 24.6 Å². The van der Waals surface area contributed by atoms with Crippen molar-refractivity contribution in [2.75, 3.05) is 19.7 Å². The van der Waals surface area contributed by atoms with Crippen LogP contribution < -0.4 is 5.32 Å². The van der Waals surface area contributed by atoms with Crippen LogP contribution in [0.1, 0.15) is 27.6 Å². The van der Waals surface area contributed by atoms with Gasteiger partial charge < -0.3 is 15.2 Å². The molecule has 4 nitrogen and oxygen atoms in total. The second-order valence-electron chi connectivity index (χ2n) is 4.06. The topological polar surface area (TPSA) is 58.6 Å². The first kappa shape index (κ1) is 12.0. The second kappa shape index (κ2) is 4.81. The van der Waals surface area contributed by atoms with Crippen molar-refractivity contribution >= 4 is 5.97 Å². The summed E-state index contributed by atoms with van der Waals surface area (Å²) < 4.78 is 19.2. The van der Waals surface area contributed by atoms with Crippen LogP contribution in [0, 0.1) is 12.7 Å². The van der Waals surface area contributed by atoms with Gasteiger partial charge in [-0.2, -0.15) is 0 Å². The van der Waals surface area contributed by atoms with E-state index in [4.69, 9.17) is 9.84 Å². The van der Waals surface area contributed by atoms with Crippen LogP contribution in [0.3, 0.4) is 0 Å². The van der Waals surface area contributed by atoms with E-state index in [1.54, 1.807) is 6.92 Å². The maximum Gasteiger partial charge on any atom is 0.335 e. The first-order valence-electron chi connectivity index (χ1n) is 5.45. The van der Waals surface area contributed by atoms with Crippen LogP contribution >= 0.6 is 0 Å². The average molecular weight is 239 g/mol. The van der Waals surface area contributed by atoms with Gasteiger partial charge in [0.2, 0.25) is 0 Å². The molecule has 5 heteroatoms. The second-order valence-corrected chi connectivity index (χ2v) is 4.06. The fourth-order valence-corrected chi connectivity index (χ4v) is 1.93. The summed E-state index contributed by atoms with van der Waals surface area (Å²) in [5, 5.41) is 12.1. The Bertz CT molecular complexity index is 442. The van der Waals surface area contributed by atoms with Gasteiger partial charge in [-0.25, -0.2) is 9.18 Å². The van der Waals surface area contributed by atoms with E-state index in [9.17, 15) is 9.18 Å². The smallest absolute Gasteiger partial charge is 0.335 e. The Morgan fingerprint density at radius 2 is 2.35 bits per heavy atom. The molecule has 1 saturated heterocycles. The molecule has 2 rings (SSSR count). The van der Waals surface area contributed by atoms with E-state index in [-0.39, 0.29) is 5.56 Å². The number of hydrogen-bond donors (Lipinski definition) is 2. The molecule has 1 atom stereocenters. The van der Waals surface area contributed by atoms with E-state index >= 15 is 0 Å². The summed E-state index contributed by atoms with van der Waals surface area (Å²) in [6.07, 6.45) is -0.414. The van der Waals surface area contributed by atoms with Crippen LogP contribution in [0.5, 0.6) is 0 Å². The Morgan fingerprint density at radius 1 is 1.59 bits per heavy atom. The van der Waals surface area contributed by atoms with Gasteiger partial charge in [0.15, 0.2) is 0 Å². The molecule has 0 aliphatic carbocycles. The molecule has 0 bridgehead atoms. The number of morpholine rings is 1. The first-order valence-corrected chi connectivity index (χ1v) is 5.45. The number of hydrogen-bond acceptors (Lipinski definition) is 3. The molecule has 92 valence electrons. The molecule has 17 heavy (non-hydrogen) atoms. The SMILES string of the molecule is Cc1cc(F)c(C2CNCCO2)cc1C(=O)O. The van der Waals surface area contributed by atoms with Gasteiger partial charge in [0.05, 0.1) is 18.3 Å². The molecule has 0 amide bonds. The highest BCUT2D eigenvalue weighted by atomic mass is 19.1. The third-order valence-corrected chi connectivity index (χ3v) is 2.85. The quantitative estimate of drug-likeness (QED) is 0.821. The van der Waals surface area contributed by atoms with Crippen molar-refractivity contribution in [2.45, 2.75) is 13.0 Å². The lowest BCUT2D eigenvalue weighted by Crippen LogP contribution is -2.33. The van der Waals surface area contributed by atoms with Crippen molar-refractivity contribution < 1.29 is 19.0 Å². The zero-order chi connectivity index (χ0) is 12.4. The molecule has 1 unspecified atom stereocenters. The van der Waals surface area contributed by atoms with Gasteiger partial charge in [0, 0.05) is 18.7 Å². The zero-order valence-electron chi connectivity index (χ0n) is 9.50. The first-order chi connectivity index (χ1) is 8.09. The zero-order valence-corrected chi connectivity index (χ0v) is 9.50. The summed E-state index contributed by atoms with van der Waals surface area (Å²) in [6, 6.07) is 2.61. The van der Waals surface area contributed by atoms with E-state index in [0.29, 0.717) is 24.3 Å². The molecular formula is C12H14FNO3. The van der Waals surface area contributed by atoms with Gasteiger partial charge in [0.1, 0.15) is 5.82 Å². The third-order valence-electron chi connectivity index (χ3n) is 2.85. The highest BCUT2D eigenvalue weighted by Crippen LogP contribution is 2.25. The van der Waals surface area contributed by atoms with Crippen molar-refractivity contribution in [3.63, 3.8) is 0 Å². The van der Waals surface area contributed by atoms with E-state index in [0.717, 1.165) is 6.54 Å². The number of aromatic carboxylic acids is 1. The molecule has 1 aromatic rings. The highest BCUT2D eigenvalue weighted by Gasteiger charge is 2.22. The molecule has 0 aromatic heterocycles. The number of halogens is 1. The summed E-state index contributed by atoms with van der Waals surface area (Å²) in [5.74, 6) is -1.46. The molecule has 0 saturated carbocycles. The van der Waals surface area contributed by atoms with Gasteiger partial charge in [-0.1, -0.05) is 0 Å². The van der Waals surface area contributed by atoms with E-state index < -0.39 is 17.9 Å². The lowest BCUT2D eigenvalue weighted by Gasteiger charge is -2.24. The molecule has 2 N–H and O–H groups in total. The number of benzene rings is 1. The van der Waals surface area contributed by atoms with Crippen LogP contribution in [0.4, 0.5) is 4.39 Å². The Hall–Kier alpha value is -1.46. The Kier molecular flexibility index (Phi) is 3.40. The van der Waals surface area contributed by atoms with E-state index in [1.807, 2.05) is 0 Å². The minimum absolute atomic E-state index is 0.121. The lowest BCUT2D eigenvalue weighted by molar-refractivity contribution is 0.0254. The number of aryl methyl sites for hydroxylation is 1. The molecule has 1 aromatic carbocycles. The van der Waals surface area contributed by atoms with Crippen LogP contribution in [0.2, 0.25) is 0 Å². The van der Waals surface area contributed by atoms with Crippen LogP contribution in [-0.2, 0) is 4.74 Å². The van der Waals surface area contributed by atoms with Crippen molar-refractivity contribution in [3.8, 4) is 0 Å². The molecule has 1 aliphatic rings. The maximum atomic E-state index is 13.8. The molecule has 1 heterocycles. The van der Waals surface area contributed by atoms with E-state index in [2.05, 4.69) is 5.32 Å². The van der Waals surface area contributed by atoms with Gasteiger partial charge in [-0.3, -0.25) is 0 Å². The maximum absolute atomic E-state index is 13.8. The Labute approximate surface area is 98.4 Å². The van der Waals surface area contributed by atoms with Crippen molar-refractivity contribution in [1.82, 2.24) is 5.32 Å². The predicted octanol–water partition coefficient (Wildman–Crippen LogP) is 1.49. The van der Waals surface area contributed by atoms with Crippen LogP contribution in [0.25, 0.3) is 0 Å². The predicted molar refractivity (Wildman–Crippen MR) is 59.7 cm³/mol. The number of rotatable bonds is 2. The average Bonchev–Trinajstić information content (AvgIpc) is 2.29. The molecule has 1 fully saturated rings. The van der Waals surface area contributed by atoms with E-state index in [1.165, 1.54) is 12.1 Å². The highest BCUT2D eigenvalue weighted by molar-refractivity contribution is 5.89. The molecule has 1 aliphatic heterocycles. The standard InChI is InChI=1S/C12H14FNO3/c1-7-4-10(13)9(5-8(7)12(15)16)11-6-14-2-3-17-11/h4-5,11,14H,2-3,6H2,1H3,(H,15,16). The minimum atomic E-state index is -1.05. The molecule has 0 radical (unpaired) electrons. The Morgan fingerprint density at radius 3 is 2.94 bits per heavy atom. The number of carbonyl (C=O) groups is 1. The fraction of sp³-hybridized carbons (Fsp3) is 0.417. The summed E-state index contributed by atoms with van der Waals surface area (Å²) in [7, 11) is 0. The van der Waals surface area contributed by atoms with Gasteiger partial charge in [0.25, 0.3) is 0 Å². The van der Waals surface area contributed by atoms with Crippen molar-refractivity contribution in [1.29, 1.82) is 0 Å². The van der Waals surface area contributed by atoms with Gasteiger partial charge in [-0.15, -0.1) is 0 Å². The third kappa shape index (κ3) is 2.45. The number of nitrogens with one attached hydrogen (secondary N) is 1. The largest absolute Gasteiger partial charge is 0.478 e. The Balaban J connectivity index is 2.38. The number of carboxylic acids is 1. The summed E-state index contributed by atoms with van der Waals surface area (Å²) in [6.45, 7) is 3.31. The minimum Gasteiger partial charge on any atom is -0.478 e. The molecule has 0 spiro atoms. The number of carboxylic acid groups (broad SMARTS) is 1. The van der Waals surface area contributed by atoms with Crippen LogP contribution in [0.15, 0.2) is 12.1 Å².